The van der Waals surface area contributed by atoms with E-state index in [1.807, 2.05) is 24.3 Å². The van der Waals surface area contributed by atoms with Gasteiger partial charge in [0.15, 0.2) is 0 Å². The average Bonchev–Trinajstić information content (AvgIpc) is 2.48. The molecule has 0 N–H and O–H groups in total. The standard InChI is InChI=1S/C15H15NO3/c17-10-12-8-11-6-7-14(12)16(9-11)15(18)19-13-4-2-1-3-5-13/h1-7,10-12,14H,8-9H2/t11?,12-,14?/m0/s1. The van der Waals surface area contributed by atoms with Gasteiger partial charge in [-0.25, -0.2) is 4.79 Å². The summed E-state index contributed by atoms with van der Waals surface area (Å²) in [6.45, 7) is 0.636. The molecule has 1 amide bonds. The van der Waals surface area contributed by atoms with Crippen molar-refractivity contribution in [3.8, 4) is 5.75 Å². The van der Waals surface area contributed by atoms with Crippen LogP contribution in [0, 0.1) is 11.8 Å². The lowest BCUT2D eigenvalue weighted by molar-refractivity contribution is -0.114. The van der Waals surface area contributed by atoms with E-state index in [4.69, 9.17) is 4.74 Å². The van der Waals surface area contributed by atoms with E-state index < -0.39 is 0 Å². The Balaban J connectivity index is 1.74. The van der Waals surface area contributed by atoms with E-state index >= 15 is 0 Å². The van der Waals surface area contributed by atoms with E-state index in [9.17, 15) is 9.59 Å². The zero-order chi connectivity index (χ0) is 13.2. The fourth-order valence-electron chi connectivity index (χ4n) is 2.81. The maximum Gasteiger partial charge on any atom is 0.415 e. The molecule has 0 aromatic heterocycles. The Morgan fingerprint density at radius 3 is 2.74 bits per heavy atom. The normalized spacial score (nSPS) is 28.2. The summed E-state index contributed by atoms with van der Waals surface area (Å²) in [5, 5.41) is 0. The molecule has 1 aliphatic carbocycles. The number of piperidine rings is 1. The molecule has 1 saturated heterocycles. The lowest BCUT2D eigenvalue weighted by atomic mass is 9.78. The van der Waals surface area contributed by atoms with Gasteiger partial charge in [-0.3, -0.25) is 0 Å². The highest BCUT2D eigenvalue weighted by Gasteiger charge is 2.40. The van der Waals surface area contributed by atoms with E-state index in [-0.39, 0.29) is 24.0 Å². The molecule has 2 heterocycles. The van der Waals surface area contributed by atoms with Gasteiger partial charge in [-0.05, 0) is 24.5 Å². The van der Waals surface area contributed by atoms with Crippen LogP contribution in [0.5, 0.6) is 5.75 Å². The molecule has 2 bridgehead atoms. The number of rotatable bonds is 2. The van der Waals surface area contributed by atoms with Crippen molar-refractivity contribution in [3.05, 3.63) is 42.5 Å². The predicted molar refractivity (Wildman–Crippen MR) is 69.8 cm³/mol. The number of carbonyl (C=O) groups excluding carboxylic acids is 2. The lowest BCUT2D eigenvalue weighted by Gasteiger charge is -2.43. The molecule has 19 heavy (non-hydrogen) atoms. The summed E-state index contributed by atoms with van der Waals surface area (Å²) < 4.78 is 5.34. The number of fused-ring (bicyclic) bond motifs is 2. The summed E-state index contributed by atoms with van der Waals surface area (Å²) in [6.07, 6.45) is 5.44. The van der Waals surface area contributed by atoms with Crippen LogP contribution in [-0.2, 0) is 4.79 Å². The van der Waals surface area contributed by atoms with Crippen molar-refractivity contribution in [2.24, 2.45) is 11.8 Å². The minimum absolute atomic E-state index is 0.105. The minimum Gasteiger partial charge on any atom is -0.410 e. The molecule has 2 unspecified atom stereocenters. The van der Waals surface area contributed by atoms with Crippen molar-refractivity contribution in [2.75, 3.05) is 6.54 Å². The van der Waals surface area contributed by atoms with Crippen molar-refractivity contribution in [1.29, 1.82) is 0 Å². The van der Waals surface area contributed by atoms with Crippen LogP contribution in [0.25, 0.3) is 0 Å². The van der Waals surface area contributed by atoms with Crippen LogP contribution in [0.3, 0.4) is 0 Å². The van der Waals surface area contributed by atoms with E-state index in [0.29, 0.717) is 12.3 Å². The molecular formula is C15H15NO3. The second-order valence-electron chi connectivity index (χ2n) is 5.00. The molecule has 1 aromatic rings. The quantitative estimate of drug-likeness (QED) is 0.603. The molecule has 1 aromatic carbocycles. The smallest absolute Gasteiger partial charge is 0.410 e. The van der Waals surface area contributed by atoms with Crippen LogP contribution >= 0.6 is 0 Å². The Kier molecular flexibility index (Phi) is 3.07. The Morgan fingerprint density at radius 2 is 2.05 bits per heavy atom. The first-order valence-electron chi connectivity index (χ1n) is 6.45. The molecule has 0 saturated carbocycles. The molecular weight excluding hydrogens is 242 g/mol. The Hall–Kier alpha value is -2.10. The molecule has 0 radical (unpaired) electrons. The van der Waals surface area contributed by atoms with Crippen LogP contribution < -0.4 is 4.74 Å². The van der Waals surface area contributed by atoms with Gasteiger partial charge in [-0.15, -0.1) is 0 Å². The fourth-order valence-corrected chi connectivity index (χ4v) is 2.81. The number of hydrogen-bond acceptors (Lipinski definition) is 3. The number of hydrogen-bond donors (Lipinski definition) is 0. The number of carbonyl (C=O) groups is 2. The third-order valence-corrected chi connectivity index (χ3v) is 3.74. The van der Waals surface area contributed by atoms with Crippen LogP contribution in [-0.4, -0.2) is 29.9 Å². The molecule has 4 heteroatoms. The van der Waals surface area contributed by atoms with E-state index in [2.05, 4.69) is 6.08 Å². The van der Waals surface area contributed by atoms with Gasteiger partial charge in [0.25, 0.3) is 0 Å². The molecule has 3 aliphatic rings. The highest BCUT2D eigenvalue weighted by molar-refractivity contribution is 5.73. The van der Waals surface area contributed by atoms with Crippen molar-refractivity contribution in [2.45, 2.75) is 12.5 Å². The van der Waals surface area contributed by atoms with Crippen molar-refractivity contribution in [3.63, 3.8) is 0 Å². The summed E-state index contributed by atoms with van der Waals surface area (Å²) in [5.74, 6) is 0.691. The largest absolute Gasteiger partial charge is 0.415 e. The fraction of sp³-hybridized carbons (Fsp3) is 0.333. The van der Waals surface area contributed by atoms with Crippen molar-refractivity contribution in [1.82, 2.24) is 4.90 Å². The van der Waals surface area contributed by atoms with E-state index in [1.165, 1.54) is 0 Å². The van der Waals surface area contributed by atoms with Gasteiger partial charge in [0.1, 0.15) is 12.0 Å². The zero-order valence-electron chi connectivity index (χ0n) is 10.4. The monoisotopic (exact) mass is 257 g/mol. The number of ether oxygens (including phenoxy) is 1. The van der Waals surface area contributed by atoms with Gasteiger partial charge in [-0.1, -0.05) is 30.4 Å². The summed E-state index contributed by atoms with van der Waals surface area (Å²) in [5.41, 5.74) is 0. The number of para-hydroxylation sites is 1. The molecule has 2 aliphatic heterocycles. The van der Waals surface area contributed by atoms with E-state index in [0.717, 1.165) is 12.7 Å². The van der Waals surface area contributed by atoms with Crippen LogP contribution in [0.2, 0.25) is 0 Å². The van der Waals surface area contributed by atoms with Crippen LogP contribution in [0.1, 0.15) is 6.42 Å². The van der Waals surface area contributed by atoms with Gasteiger partial charge >= 0.3 is 6.09 Å². The van der Waals surface area contributed by atoms with Crippen molar-refractivity contribution >= 4 is 12.4 Å². The van der Waals surface area contributed by atoms with Gasteiger partial charge in [0, 0.05) is 12.5 Å². The van der Waals surface area contributed by atoms with Gasteiger partial charge in [0.2, 0.25) is 0 Å². The highest BCUT2D eigenvalue weighted by Crippen LogP contribution is 2.33. The van der Waals surface area contributed by atoms with Gasteiger partial charge in [0.05, 0.1) is 6.04 Å². The van der Waals surface area contributed by atoms with E-state index in [1.54, 1.807) is 17.0 Å². The molecule has 1 fully saturated rings. The summed E-state index contributed by atoms with van der Waals surface area (Å²) in [6, 6.07) is 8.84. The predicted octanol–water partition coefficient (Wildman–Crippen LogP) is 2.26. The minimum atomic E-state index is -0.378. The SMILES string of the molecule is O=C[C@@H]1CC2C=CC1N(C(=O)Oc1ccccc1)C2. The third kappa shape index (κ3) is 2.26. The maximum absolute atomic E-state index is 12.2. The molecule has 3 atom stereocenters. The molecule has 4 nitrogen and oxygen atoms in total. The summed E-state index contributed by atoms with van der Waals surface area (Å²) in [7, 11) is 0. The molecule has 98 valence electrons. The van der Waals surface area contributed by atoms with Crippen molar-refractivity contribution < 1.29 is 14.3 Å². The number of benzene rings is 1. The first kappa shape index (κ1) is 12.0. The number of amides is 1. The third-order valence-electron chi connectivity index (χ3n) is 3.74. The molecule has 0 spiro atoms. The Labute approximate surface area is 111 Å². The first-order chi connectivity index (χ1) is 9.28. The van der Waals surface area contributed by atoms with Gasteiger partial charge in [-0.2, -0.15) is 0 Å². The topological polar surface area (TPSA) is 46.6 Å². The van der Waals surface area contributed by atoms with Gasteiger partial charge < -0.3 is 14.4 Å². The highest BCUT2D eigenvalue weighted by atomic mass is 16.6. The number of nitrogens with zero attached hydrogens (tertiary/aromatic N) is 1. The lowest BCUT2D eigenvalue weighted by Crippen LogP contribution is -2.54. The number of aldehydes is 1. The summed E-state index contributed by atoms with van der Waals surface area (Å²) >= 11 is 0. The second kappa shape index (κ2) is 4.88. The second-order valence-corrected chi connectivity index (χ2v) is 5.00. The first-order valence-corrected chi connectivity index (χ1v) is 6.45. The Bertz CT molecular complexity index is 511. The Morgan fingerprint density at radius 1 is 1.26 bits per heavy atom. The zero-order valence-corrected chi connectivity index (χ0v) is 10.4. The average molecular weight is 257 g/mol. The van der Waals surface area contributed by atoms with Crippen LogP contribution in [0.15, 0.2) is 42.5 Å². The summed E-state index contributed by atoms with van der Waals surface area (Å²) in [4.78, 5) is 24.9. The van der Waals surface area contributed by atoms with Crippen LogP contribution in [0.4, 0.5) is 4.79 Å². The maximum atomic E-state index is 12.2. The molecule has 4 rings (SSSR count).